The molecule has 0 unspecified atom stereocenters. The van der Waals surface area contributed by atoms with Crippen molar-refractivity contribution in [3.8, 4) is 17.1 Å². The molecule has 0 saturated heterocycles. The molecular formula is C14H11N3O3. The first-order valence-corrected chi connectivity index (χ1v) is 5.93. The number of rotatable bonds is 2. The van der Waals surface area contributed by atoms with E-state index in [0.29, 0.717) is 17.0 Å². The van der Waals surface area contributed by atoms with Gasteiger partial charge in [0.05, 0.1) is 17.5 Å². The third-order valence-electron chi connectivity index (χ3n) is 3.08. The average Bonchev–Trinajstić information content (AvgIpc) is 2.74. The fraction of sp³-hybridized carbons (Fsp3) is 0.0714. The molecule has 3 rings (SSSR count). The summed E-state index contributed by atoms with van der Waals surface area (Å²) < 4.78 is 1.54. The summed E-state index contributed by atoms with van der Waals surface area (Å²) in [6.45, 7) is 1.71. The van der Waals surface area contributed by atoms with Gasteiger partial charge in [0.25, 0.3) is 0 Å². The van der Waals surface area contributed by atoms with Gasteiger partial charge < -0.3 is 10.2 Å². The number of aromatic nitrogens is 3. The number of hydrogen-bond acceptors (Lipinski definition) is 4. The van der Waals surface area contributed by atoms with Crippen LogP contribution in [0.2, 0.25) is 0 Å². The predicted octanol–water partition coefficient (Wildman–Crippen LogP) is 2.11. The van der Waals surface area contributed by atoms with Crippen molar-refractivity contribution in [2.24, 2.45) is 0 Å². The number of aromatic hydroxyl groups is 1. The molecule has 0 saturated carbocycles. The smallest absolute Gasteiger partial charge is 0.335 e. The molecule has 0 fully saturated rings. The van der Waals surface area contributed by atoms with Crippen LogP contribution in [0.5, 0.6) is 5.88 Å². The number of carboxylic acid groups (broad SMARTS) is 1. The maximum Gasteiger partial charge on any atom is 0.335 e. The van der Waals surface area contributed by atoms with Crippen LogP contribution in [0.15, 0.2) is 36.7 Å². The zero-order chi connectivity index (χ0) is 14.3. The van der Waals surface area contributed by atoms with Gasteiger partial charge in [0.15, 0.2) is 5.65 Å². The Balaban J connectivity index is 2.09. The van der Waals surface area contributed by atoms with Crippen LogP contribution < -0.4 is 0 Å². The maximum atomic E-state index is 10.8. The number of hydrogen-bond donors (Lipinski definition) is 2. The molecule has 2 aromatic heterocycles. The predicted molar refractivity (Wildman–Crippen MR) is 71.8 cm³/mol. The molecule has 0 aliphatic heterocycles. The molecule has 0 spiro atoms. The van der Waals surface area contributed by atoms with Crippen LogP contribution in [0.3, 0.4) is 0 Å². The van der Waals surface area contributed by atoms with Crippen LogP contribution in [0.4, 0.5) is 0 Å². The molecule has 0 radical (unpaired) electrons. The Morgan fingerprint density at radius 2 is 1.95 bits per heavy atom. The first-order valence-electron chi connectivity index (χ1n) is 5.93. The Morgan fingerprint density at radius 1 is 1.25 bits per heavy atom. The van der Waals surface area contributed by atoms with E-state index in [-0.39, 0.29) is 11.4 Å². The van der Waals surface area contributed by atoms with E-state index >= 15 is 0 Å². The van der Waals surface area contributed by atoms with Crippen molar-refractivity contribution < 1.29 is 15.0 Å². The lowest BCUT2D eigenvalue weighted by Gasteiger charge is -2.03. The minimum atomic E-state index is -0.970. The summed E-state index contributed by atoms with van der Waals surface area (Å²) in [5.74, 6) is -0.895. The molecule has 6 nitrogen and oxygen atoms in total. The Labute approximate surface area is 114 Å². The number of aromatic carboxylic acids is 1. The monoisotopic (exact) mass is 269 g/mol. The van der Waals surface area contributed by atoms with E-state index in [4.69, 9.17) is 5.11 Å². The first-order chi connectivity index (χ1) is 9.56. The zero-order valence-electron chi connectivity index (χ0n) is 10.6. The van der Waals surface area contributed by atoms with E-state index in [1.54, 1.807) is 35.9 Å². The van der Waals surface area contributed by atoms with E-state index in [1.807, 2.05) is 0 Å². The highest BCUT2D eigenvalue weighted by atomic mass is 16.4. The minimum Gasteiger partial charge on any atom is -0.493 e. The highest BCUT2D eigenvalue weighted by molar-refractivity contribution is 5.88. The summed E-state index contributed by atoms with van der Waals surface area (Å²) in [4.78, 5) is 19.2. The van der Waals surface area contributed by atoms with Gasteiger partial charge in [-0.1, -0.05) is 12.1 Å². The minimum absolute atomic E-state index is 0.0748. The molecule has 2 heterocycles. The number of nitrogens with zero attached hydrogens (tertiary/aromatic N) is 3. The summed E-state index contributed by atoms with van der Waals surface area (Å²) in [7, 11) is 0. The Kier molecular flexibility index (Phi) is 2.64. The van der Waals surface area contributed by atoms with E-state index in [1.165, 1.54) is 12.1 Å². The van der Waals surface area contributed by atoms with Gasteiger partial charge in [-0.25, -0.2) is 9.78 Å². The molecule has 1 aromatic carbocycles. The second-order valence-corrected chi connectivity index (χ2v) is 4.40. The summed E-state index contributed by atoms with van der Waals surface area (Å²) in [6.07, 6.45) is 3.23. The lowest BCUT2D eigenvalue weighted by molar-refractivity contribution is 0.0697. The maximum absolute atomic E-state index is 10.8. The molecule has 0 aliphatic carbocycles. The number of carboxylic acids is 1. The van der Waals surface area contributed by atoms with Gasteiger partial charge in [-0.15, -0.1) is 0 Å². The number of carbonyl (C=O) groups is 1. The molecule has 3 aromatic rings. The quantitative estimate of drug-likeness (QED) is 0.744. The fourth-order valence-corrected chi connectivity index (χ4v) is 1.99. The van der Waals surface area contributed by atoms with Gasteiger partial charge >= 0.3 is 5.97 Å². The summed E-state index contributed by atoms with van der Waals surface area (Å²) in [5, 5.41) is 18.7. The van der Waals surface area contributed by atoms with Gasteiger partial charge in [0.2, 0.25) is 5.88 Å². The SMILES string of the molecule is Cc1nc2cnc(-c3ccc(C(=O)O)cc3)cn2c1O. The van der Waals surface area contributed by atoms with Crippen LogP contribution >= 0.6 is 0 Å². The molecule has 0 atom stereocenters. The Bertz CT molecular complexity index is 806. The average molecular weight is 269 g/mol. The highest BCUT2D eigenvalue weighted by Crippen LogP contribution is 2.22. The number of fused-ring (bicyclic) bond motifs is 1. The topological polar surface area (TPSA) is 87.7 Å². The van der Waals surface area contributed by atoms with Crippen LogP contribution in [0.1, 0.15) is 16.1 Å². The summed E-state index contributed by atoms with van der Waals surface area (Å²) in [5.41, 5.74) is 2.71. The molecule has 6 heteroatoms. The van der Waals surface area contributed by atoms with Gasteiger partial charge in [0, 0.05) is 11.8 Å². The van der Waals surface area contributed by atoms with Crippen LogP contribution in [0.25, 0.3) is 16.9 Å². The van der Waals surface area contributed by atoms with Crippen molar-refractivity contribution in [3.63, 3.8) is 0 Å². The lowest BCUT2D eigenvalue weighted by Crippen LogP contribution is -1.96. The molecular weight excluding hydrogens is 258 g/mol. The number of aryl methyl sites for hydroxylation is 1. The van der Waals surface area contributed by atoms with E-state index < -0.39 is 5.97 Å². The van der Waals surface area contributed by atoms with E-state index in [2.05, 4.69) is 9.97 Å². The third-order valence-corrected chi connectivity index (χ3v) is 3.08. The van der Waals surface area contributed by atoms with Crippen molar-refractivity contribution in [2.75, 3.05) is 0 Å². The zero-order valence-corrected chi connectivity index (χ0v) is 10.6. The van der Waals surface area contributed by atoms with Crippen molar-refractivity contribution >= 4 is 11.6 Å². The molecule has 100 valence electrons. The Morgan fingerprint density at radius 3 is 2.60 bits per heavy atom. The molecule has 0 bridgehead atoms. The van der Waals surface area contributed by atoms with Crippen LogP contribution in [-0.4, -0.2) is 30.6 Å². The molecule has 20 heavy (non-hydrogen) atoms. The van der Waals surface area contributed by atoms with Crippen LogP contribution in [0, 0.1) is 6.92 Å². The van der Waals surface area contributed by atoms with Crippen LogP contribution in [-0.2, 0) is 0 Å². The standard InChI is InChI=1S/C14H11N3O3/c1-8-13(18)17-7-11(15-6-12(17)16-8)9-2-4-10(5-3-9)14(19)20/h2-7,18H,1H3,(H,19,20). The highest BCUT2D eigenvalue weighted by Gasteiger charge is 2.09. The van der Waals surface area contributed by atoms with Gasteiger partial charge in [-0.05, 0) is 19.1 Å². The van der Waals surface area contributed by atoms with Crippen molar-refractivity contribution in [2.45, 2.75) is 6.92 Å². The fourth-order valence-electron chi connectivity index (χ4n) is 1.99. The van der Waals surface area contributed by atoms with Gasteiger partial charge in [-0.3, -0.25) is 9.38 Å². The van der Waals surface area contributed by atoms with Gasteiger partial charge in [0.1, 0.15) is 5.69 Å². The van der Waals surface area contributed by atoms with Crippen molar-refractivity contribution in [1.29, 1.82) is 0 Å². The Hall–Kier alpha value is -2.89. The van der Waals surface area contributed by atoms with Gasteiger partial charge in [-0.2, -0.15) is 0 Å². The largest absolute Gasteiger partial charge is 0.493 e. The third kappa shape index (κ3) is 1.87. The summed E-state index contributed by atoms with van der Waals surface area (Å²) in [6, 6.07) is 6.39. The van der Waals surface area contributed by atoms with Crippen molar-refractivity contribution in [1.82, 2.24) is 14.4 Å². The molecule has 0 amide bonds. The second-order valence-electron chi connectivity index (χ2n) is 4.40. The second kappa shape index (κ2) is 4.34. The molecule has 0 aliphatic rings. The normalized spacial score (nSPS) is 10.8. The number of benzene rings is 1. The number of imidazole rings is 1. The first kappa shape index (κ1) is 12.2. The van der Waals surface area contributed by atoms with E-state index in [0.717, 1.165) is 5.56 Å². The van der Waals surface area contributed by atoms with Crippen molar-refractivity contribution in [3.05, 3.63) is 47.9 Å². The van der Waals surface area contributed by atoms with E-state index in [9.17, 15) is 9.90 Å². The summed E-state index contributed by atoms with van der Waals surface area (Å²) >= 11 is 0. The lowest BCUT2D eigenvalue weighted by atomic mass is 10.1. The molecule has 2 N–H and O–H groups in total.